The molecule has 3 nitrogen and oxygen atoms in total. The Labute approximate surface area is 80.1 Å². The Kier molecular flexibility index (Phi) is 3.29. The normalized spacial score (nSPS) is 13.0. The molecule has 0 saturated carbocycles. The standard InChI is InChI=1S/C7H8Cl2N2O/c8-5-3-11-7(9)1-4(5)6(12)2-10/h1,3,6,12H,2,10H2. The van der Waals surface area contributed by atoms with E-state index in [9.17, 15) is 5.11 Å². The van der Waals surface area contributed by atoms with Gasteiger partial charge in [-0.1, -0.05) is 23.2 Å². The highest BCUT2D eigenvalue weighted by atomic mass is 35.5. The fourth-order valence-corrected chi connectivity index (χ4v) is 1.21. The van der Waals surface area contributed by atoms with Gasteiger partial charge in [-0.15, -0.1) is 0 Å². The average molecular weight is 207 g/mol. The lowest BCUT2D eigenvalue weighted by Gasteiger charge is -2.09. The van der Waals surface area contributed by atoms with Crippen LogP contribution < -0.4 is 5.73 Å². The number of aromatic nitrogens is 1. The first-order chi connectivity index (χ1) is 5.65. The molecular formula is C7H8Cl2N2O. The molecule has 1 heterocycles. The Balaban J connectivity index is 3.04. The zero-order valence-electron chi connectivity index (χ0n) is 6.17. The summed E-state index contributed by atoms with van der Waals surface area (Å²) in [7, 11) is 0. The van der Waals surface area contributed by atoms with Gasteiger partial charge in [0.05, 0.1) is 11.1 Å². The second-order valence-corrected chi connectivity index (χ2v) is 3.07. The summed E-state index contributed by atoms with van der Waals surface area (Å²) in [5, 5.41) is 10.0. The predicted molar refractivity (Wildman–Crippen MR) is 48.3 cm³/mol. The number of aliphatic hydroxyl groups excluding tert-OH is 1. The van der Waals surface area contributed by atoms with Gasteiger partial charge in [0.1, 0.15) is 5.15 Å². The van der Waals surface area contributed by atoms with Gasteiger partial charge in [-0.25, -0.2) is 4.98 Å². The highest BCUT2D eigenvalue weighted by Gasteiger charge is 2.10. The summed E-state index contributed by atoms with van der Waals surface area (Å²) in [6, 6.07) is 1.50. The lowest BCUT2D eigenvalue weighted by atomic mass is 10.1. The number of nitrogens with two attached hydrogens (primary N) is 1. The van der Waals surface area contributed by atoms with Crippen molar-refractivity contribution in [1.29, 1.82) is 0 Å². The third kappa shape index (κ3) is 2.08. The molecule has 0 aliphatic carbocycles. The minimum absolute atomic E-state index is 0.111. The maximum atomic E-state index is 9.34. The molecule has 0 fully saturated rings. The first-order valence-electron chi connectivity index (χ1n) is 3.34. The van der Waals surface area contributed by atoms with E-state index in [1.165, 1.54) is 12.3 Å². The van der Waals surface area contributed by atoms with Crippen LogP contribution in [0.2, 0.25) is 10.2 Å². The second-order valence-electron chi connectivity index (χ2n) is 2.28. The van der Waals surface area contributed by atoms with Gasteiger partial charge in [-0.2, -0.15) is 0 Å². The van der Waals surface area contributed by atoms with Crippen molar-refractivity contribution in [3.05, 3.63) is 28.0 Å². The molecule has 1 unspecified atom stereocenters. The molecule has 0 amide bonds. The summed E-state index contributed by atoms with van der Waals surface area (Å²) in [6.45, 7) is 0.111. The molecule has 12 heavy (non-hydrogen) atoms. The van der Waals surface area contributed by atoms with Crippen molar-refractivity contribution in [3.8, 4) is 0 Å². The SMILES string of the molecule is NCC(O)c1cc(Cl)ncc1Cl. The summed E-state index contributed by atoms with van der Waals surface area (Å²) in [6.07, 6.45) is 0.607. The van der Waals surface area contributed by atoms with E-state index in [0.29, 0.717) is 15.7 Å². The molecule has 0 aromatic carbocycles. The summed E-state index contributed by atoms with van der Waals surface area (Å²) < 4.78 is 0. The number of rotatable bonds is 2. The number of hydrogen-bond donors (Lipinski definition) is 2. The van der Waals surface area contributed by atoms with Crippen molar-refractivity contribution in [1.82, 2.24) is 4.98 Å². The Morgan fingerprint density at radius 3 is 2.83 bits per heavy atom. The lowest BCUT2D eigenvalue weighted by Crippen LogP contribution is -2.12. The van der Waals surface area contributed by atoms with Crippen molar-refractivity contribution < 1.29 is 5.11 Å². The molecule has 66 valence electrons. The van der Waals surface area contributed by atoms with Gasteiger partial charge in [0.25, 0.3) is 0 Å². The number of hydrogen-bond acceptors (Lipinski definition) is 3. The van der Waals surface area contributed by atoms with Gasteiger partial charge < -0.3 is 10.8 Å². The van der Waals surface area contributed by atoms with Crippen LogP contribution in [-0.2, 0) is 0 Å². The molecule has 0 radical (unpaired) electrons. The van der Waals surface area contributed by atoms with Crippen LogP contribution in [0, 0.1) is 0 Å². The Morgan fingerprint density at radius 2 is 2.25 bits per heavy atom. The van der Waals surface area contributed by atoms with Crippen LogP contribution in [0.5, 0.6) is 0 Å². The van der Waals surface area contributed by atoms with Gasteiger partial charge in [0.2, 0.25) is 0 Å². The third-order valence-electron chi connectivity index (χ3n) is 1.43. The smallest absolute Gasteiger partial charge is 0.129 e. The first kappa shape index (κ1) is 9.74. The Hall–Kier alpha value is -0.350. The maximum absolute atomic E-state index is 9.34. The van der Waals surface area contributed by atoms with Crippen molar-refractivity contribution in [3.63, 3.8) is 0 Å². The maximum Gasteiger partial charge on any atom is 0.129 e. The molecule has 0 aliphatic heterocycles. The van der Waals surface area contributed by atoms with E-state index in [-0.39, 0.29) is 6.54 Å². The summed E-state index contributed by atoms with van der Waals surface area (Å²) in [5.74, 6) is 0. The van der Waals surface area contributed by atoms with Gasteiger partial charge >= 0.3 is 0 Å². The van der Waals surface area contributed by atoms with Crippen LogP contribution in [0.1, 0.15) is 11.7 Å². The average Bonchev–Trinajstić information content (AvgIpc) is 2.08. The molecule has 0 aliphatic rings. The van der Waals surface area contributed by atoms with Gasteiger partial charge in [-0.3, -0.25) is 0 Å². The van der Waals surface area contributed by atoms with E-state index in [4.69, 9.17) is 28.9 Å². The van der Waals surface area contributed by atoms with Gasteiger partial charge in [0, 0.05) is 18.3 Å². The molecule has 0 bridgehead atoms. The fourth-order valence-electron chi connectivity index (χ4n) is 0.810. The summed E-state index contributed by atoms with van der Waals surface area (Å²) >= 11 is 11.3. The molecule has 1 rings (SSSR count). The van der Waals surface area contributed by atoms with Crippen LogP contribution in [0.3, 0.4) is 0 Å². The van der Waals surface area contributed by atoms with Crippen molar-refractivity contribution in [2.75, 3.05) is 6.54 Å². The molecule has 1 aromatic rings. The van der Waals surface area contributed by atoms with Gasteiger partial charge in [-0.05, 0) is 6.07 Å². The van der Waals surface area contributed by atoms with Crippen molar-refractivity contribution in [2.24, 2.45) is 5.73 Å². The number of halogens is 2. The molecule has 1 aromatic heterocycles. The van der Waals surface area contributed by atoms with Gasteiger partial charge in [0.15, 0.2) is 0 Å². The van der Waals surface area contributed by atoms with E-state index in [1.54, 1.807) is 0 Å². The molecule has 3 N–H and O–H groups in total. The monoisotopic (exact) mass is 206 g/mol. The molecule has 0 saturated heterocycles. The van der Waals surface area contributed by atoms with Crippen LogP contribution in [0.15, 0.2) is 12.3 Å². The zero-order valence-corrected chi connectivity index (χ0v) is 7.68. The van der Waals surface area contributed by atoms with E-state index in [1.807, 2.05) is 0 Å². The minimum Gasteiger partial charge on any atom is -0.387 e. The minimum atomic E-state index is -0.780. The van der Waals surface area contributed by atoms with Crippen LogP contribution in [-0.4, -0.2) is 16.6 Å². The number of nitrogens with zero attached hydrogens (tertiary/aromatic N) is 1. The quantitative estimate of drug-likeness (QED) is 0.720. The third-order valence-corrected chi connectivity index (χ3v) is 1.96. The van der Waals surface area contributed by atoms with Crippen LogP contribution in [0.4, 0.5) is 0 Å². The molecular weight excluding hydrogens is 199 g/mol. The molecule has 5 heteroatoms. The predicted octanol–water partition coefficient (Wildman–Crippen LogP) is 1.38. The Bertz CT molecular complexity index is 280. The topological polar surface area (TPSA) is 59.1 Å². The van der Waals surface area contributed by atoms with Crippen molar-refractivity contribution in [2.45, 2.75) is 6.10 Å². The van der Waals surface area contributed by atoms with E-state index < -0.39 is 6.10 Å². The van der Waals surface area contributed by atoms with E-state index >= 15 is 0 Å². The highest BCUT2D eigenvalue weighted by Crippen LogP contribution is 2.23. The highest BCUT2D eigenvalue weighted by molar-refractivity contribution is 6.32. The van der Waals surface area contributed by atoms with Crippen LogP contribution >= 0.6 is 23.2 Å². The van der Waals surface area contributed by atoms with Crippen molar-refractivity contribution >= 4 is 23.2 Å². The Morgan fingerprint density at radius 1 is 1.58 bits per heavy atom. The zero-order chi connectivity index (χ0) is 9.14. The number of aliphatic hydroxyl groups is 1. The van der Waals surface area contributed by atoms with Crippen LogP contribution in [0.25, 0.3) is 0 Å². The fraction of sp³-hybridized carbons (Fsp3) is 0.286. The molecule has 0 spiro atoms. The lowest BCUT2D eigenvalue weighted by molar-refractivity contribution is 0.187. The first-order valence-corrected chi connectivity index (χ1v) is 4.10. The second kappa shape index (κ2) is 4.05. The number of pyridine rings is 1. The van der Waals surface area contributed by atoms with E-state index in [2.05, 4.69) is 4.98 Å². The summed E-state index contributed by atoms with van der Waals surface area (Å²) in [5.41, 5.74) is 5.76. The molecule has 1 atom stereocenters. The largest absolute Gasteiger partial charge is 0.387 e. The van der Waals surface area contributed by atoms with E-state index in [0.717, 1.165) is 0 Å². The summed E-state index contributed by atoms with van der Waals surface area (Å²) in [4.78, 5) is 3.74.